The summed E-state index contributed by atoms with van der Waals surface area (Å²) in [5.74, 6) is 0.901. The van der Waals surface area contributed by atoms with Crippen LogP contribution in [0.15, 0.2) is 6.07 Å². The van der Waals surface area contributed by atoms with Crippen LogP contribution < -0.4 is 5.73 Å². The maximum Gasteiger partial charge on any atom is 0.134 e. The molecule has 0 spiro atoms. The quantitative estimate of drug-likeness (QED) is 0.806. The van der Waals surface area contributed by atoms with Gasteiger partial charge in [0.15, 0.2) is 0 Å². The molecule has 1 rings (SSSR count). The van der Waals surface area contributed by atoms with Gasteiger partial charge in [-0.3, -0.25) is 0 Å². The van der Waals surface area contributed by atoms with Crippen LogP contribution in [-0.2, 0) is 11.8 Å². The fourth-order valence-corrected chi connectivity index (χ4v) is 1.40. The van der Waals surface area contributed by atoms with Crippen molar-refractivity contribution in [2.24, 2.45) is 5.73 Å². The molecule has 0 aliphatic heterocycles. The van der Waals surface area contributed by atoms with E-state index in [-0.39, 0.29) is 11.5 Å². The summed E-state index contributed by atoms with van der Waals surface area (Å²) in [6, 6.07) is 2.16. The fraction of sp³-hybridized carbons (Fsp3) is 0.667. The second-order valence-electron chi connectivity index (χ2n) is 5.26. The molecule has 0 saturated carbocycles. The Balaban J connectivity index is 3.06. The van der Waals surface area contributed by atoms with Gasteiger partial charge in [-0.15, -0.1) is 0 Å². The Morgan fingerprint density at radius 1 is 1.33 bits per heavy atom. The lowest BCUT2D eigenvalue weighted by molar-refractivity contribution is 0.536. The molecule has 0 radical (unpaired) electrons. The first kappa shape index (κ1) is 12.1. The zero-order valence-corrected chi connectivity index (χ0v) is 10.3. The van der Waals surface area contributed by atoms with Crippen LogP contribution in [0.25, 0.3) is 0 Å². The molecule has 1 heterocycles. The summed E-state index contributed by atoms with van der Waals surface area (Å²) in [5.41, 5.74) is 7.83. The van der Waals surface area contributed by atoms with Gasteiger partial charge in [-0.1, -0.05) is 20.8 Å². The first-order valence-corrected chi connectivity index (χ1v) is 5.39. The largest absolute Gasteiger partial charge is 0.328 e. The molecular weight excluding hydrogens is 186 g/mol. The highest BCUT2D eigenvalue weighted by atomic mass is 14.9. The van der Waals surface area contributed by atoms with Gasteiger partial charge in [-0.25, -0.2) is 9.97 Å². The molecule has 0 aromatic carbocycles. The standard InChI is InChI=1S/C12H21N3/c1-8(13)6-10-7-9(2)14-11(15-10)12(3,4)5/h7-8H,6,13H2,1-5H3. The van der Waals surface area contributed by atoms with Gasteiger partial charge in [0.2, 0.25) is 0 Å². The minimum Gasteiger partial charge on any atom is -0.328 e. The Morgan fingerprint density at radius 2 is 1.93 bits per heavy atom. The van der Waals surface area contributed by atoms with Crippen LogP contribution in [-0.4, -0.2) is 16.0 Å². The topological polar surface area (TPSA) is 51.8 Å². The molecule has 1 atom stereocenters. The van der Waals surface area contributed by atoms with Crippen LogP contribution in [0.3, 0.4) is 0 Å². The summed E-state index contributed by atoms with van der Waals surface area (Å²) >= 11 is 0. The summed E-state index contributed by atoms with van der Waals surface area (Å²) in [6.07, 6.45) is 0.812. The molecule has 1 aromatic rings. The second kappa shape index (κ2) is 4.27. The van der Waals surface area contributed by atoms with Crippen LogP contribution in [0.2, 0.25) is 0 Å². The number of hydrogen-bond donors (Lipinski definition) is 1. The number of aromatic nitrogens is 2. The first-order chi connectivity index (χ1) is 6.79. The molecule has 0 fully saturated rings. The van der Waals surface area contributed by atoms with E-state index in [0.717, 1.165) is 23.6 Å². The predicted molar refractivity (Wildman–Crippen MR) is 62.8 cm³/mol. The van der Waals surface area contributed by atoms with Gasteiger partial charge in [0.25, 0.3) is 0 Å². The van der Waals surface area contributed by atoms with Gasteiger partial charge < -0.3 is 5.73 Å². The molecule has 3 heteroatoms. The minimum absolute atomic E-state index is 0.00138. The Morgan fingerprint density at radius 3 is 2.40 bits per heavy atom. The van der Waals surface area contributed by atoms with E-state index in [4.69, 9.17) is 5.73 Å². The highest BCUT2D eigenvalue weighted by Crippen LogP contribution is 2.18. The number of aryl methyl sites for hydroxylation is 1. The summed E-state index contributed by atoms with van der Waals surface area (Å²) in [4.78, 5) is 9.01. The predicted octanol–water partition coefficient (Wildman–Crippen LogP) is 1.97. The van der Waals surface area contributed by atoms with Crippen molar-refractivity contribution in [2.45, 2.75) is 52.5 Å². The van der Waals surface area contributed by atoms with Crippen molar-refractivity contribution in [1.29, 1.82) is 0 Å². The highest BCUT2D eigenvalue weighted by molar-refractivity contribution is 5.14. The van der Waals surface area contributed by atoms with Gasteiger partial charge in [0, 0.05) is 29.3 Å². The number of nitrogens with zero attached hydrogens (tertiary/aromatic N) is 2. The Hall–Kier alpha value is -0.960. The average Bonchev–Trinajstić information content (AvgIpc) is 1.99. The van der Waals surface area contributed by atoms with E-state index in [1.54, 1.807) is 0 Å². The van der Waals surface area contributed by atoms with Crippen molar-refractivity contribution in [2.75, 3.05) is 0 Å². The smallest absolute Gasteiger partial charge is 0.134 e. The fourth-order valence-electron chi connectivity index (χ4n) is 1.40. The molecule has 0 bridgehead atoms. The third-order valence-corrected chi connectivity index (χ3v) is 2.11. The van der Waals surface area contributed by atoms with E-state index in [2.05, 4.69) is 30.7 Å². The Labute approximate surface area is 92.1 Å². The zero-order valence-electron chi connectivity index (χ0n) is 10.3. The monoisotopic (exact) mass is 207 g/mol. The first-order valence-electron chi connectivity index (χ1n) is 5.39. The second-order valence-corrected chi connectivity index (χ2v) is 5.26. The van der Waals surface area contributed by atoms with Crippen molar-refractivity contribution >= 4 is 0 Å². The SMILES string of the molecule is Cc1cc(CC(C)N)nc(C(C)(C)C)n1. The normalized spacial score (nSPS) is 14.0. The molecule has 0 aliphatic rings. The van der Waals surface area contributed by atoms with Crippen molar-refractivity contribution in [3.63, 3.8) is 0 Å². The van der Waals surface area contributed by atoms with E-state index in [0.29, 0.717) is 0 Å². The van der Waals surface area contributed by atoms with Crippen molar-refractivity contribution in [3.8, 4) is 0 Å². The molecule has 0 amide bonds. The van der Waals surface area contributed by atoms with Gasteiger partial charge in [0.1, 0.15) is 5.82 Å². The molecule has 3 nitrogen and oxygen atoms in total. The number of rotatable bonds is 2. The third-order valence-electron chi connectivity index (χ3n) is 2.11. The van der Waals surface area contributed by atoms with E-state index in [1.165, 1.54) is 0 Å². The molecular formula is C12H21N3. The Bertz CT molecular complexity index is 337. The third kappa shape index (κ3) is 3.59. The van der Waals surface area contributed by atoms with Crippen LogP contribution >= 0.6 is 0 Å². The summed E-state index contributed by atoms with van der Waals surface area (Å²) in [5, 5.41) is 0. The van der Waals surface area contributed by atoms with E-state index in [9.17, 15) is 0 Å². The van der Waals surface area contributed by atoms with Gasteiger partial charge in [0.05, 0.1) is 0 Å². The van der Waals surface area contributed by atoms with E-state index < -0.39 is 0 Å². The highest BCUT2D eigenvalue weighted by Gasteiger charge is 2.18. The van der Waals surface area contributed by atoms with E-state index in [1.807, 2.05) is 19.9 Å². The van der Waals surface area contributed by atoms with Crippen LogP contribution in [0.1, 0.15) is 44.9 Å². The Kier molecular flexibility index (Phi) is 3.45. The minimum atomic E-state index is -0.00138. The van der Waals surface area contributed by atoms with Crippen LogP contribution in [0.5, 0.6) is 0 Å². The van der Waals surface area contributed by atoms with Gasteiger partial charge >= 0.3 is 0 Å². The van der Waals surface area contributed by atoms with Crippen molar-refractivity contribution in [1.82, 2.24) is 9.97 Å². The maximum absolute atomic E-state index is 5.77. The lowest BCUT2D eigenvalue weighted by Gasteiger charge is -2.18. The van der Waals surface area contributed by atoms with Crippen LogP contribution in [0, 0.1) is 6.92 Å². The summed E-state index contributed by atoms with van der Waals surface area (Å²) in [6.45, 7) is 10.4. The molecule has 15 heavy (non-hydrogen) atoms. The van der Waals surface area contributed by atoms with Crippen molar-refractivity contribution < 1.29 is 0 Å². The average molecular weight is 207 g/mol. The molecule has 1 unspecified atom stereocenters. The number of nitrogens with two attached hydrogens (primary N) is 1. The van der Waals surface area contributed by atoms with E-state index >= 15 is 0 Å². The molecule has 0 aliphatic carbocycles. The van der Waals surface area contributed by atoms with Crippen molar-refractivity contribution in [3.05, 3.63) is 23.3 Å². The van der Waals surface area contributed by atoms with Gasteiger partial charge in [-0.05, 0) is 19.9 Å². The number of hydrogen-bond acceptors (Lipinski definition) is 3. The molecule has 1 aromatic heterocycles. The maximum atomic E-state index is 5.77. The lowest BCUT2D eigenvalue weighted by Crippen LogP contribution is -2.22. The molecule has 84 valence electrons. The summed E-state index contributed by atoms with van der Waals surface area (Å²) in [7, 11) is 0. The molecule has 2 N–H and O–H groups in total. The lowest BCUT2D eigenvalue weighted by atomic mass is 9.95. The van der Waals surface area contributed by atoms with Gasteiger partial charge in [-0.2, -0.15) is 0 Å². The van der Waals surface area contributed by atoms with Crippen LogP contribution in [0.4, 0.5) is 0 Å². The zero-order chi connectivity index (χ0) is 11.6. The summed E-state index contributed by atoms with van der Waals surface area (Å²) < 4.78 is 0. The molecule has 0 saturated heterocycles.